The monoisotopic (exact) mass is 192 g/mol. The summed E-state index contributed by atoms with van der Waals surface area (Å²) >= 11 is 0. The summed E-state index contributed by atoms with van der Waals surface area (Å²) in [4.78, 5) is 0. The van der Waals surface area contributed by atoms with Gasteiger partial charge in [0, 0.05) is 12.3 Å². The zero-order valence-corrected chi connectivity index (χ0v) is 8.66. The first kappa shape index (κ1) is 9.53. The molecule has 2 unspecified atom stereocenters. The van der Waals surface area contributed by atoms with Gasteiger partial charge in [-0.05, 0) is 18.1 Å². The first-order valence-electron chi connectivity index (χ1n) is 5.13. The second kappa shape index (κ2) is 3.62. The molecule has 1 aliphatic heterocycles. The summed E-state index contributed by atoms with van der Waals surface area (Å²) in [5.74, 6) is 1.14. The summed E-state index contributed by atoms with van der Waals surface area (Å²) in [6, 6.07) is 6.18. The van der Waals surface area contributed by atoms with Crippen molar-refractivity contribution < 1.29 is 9.84 Å². The fourth-order valence-corrected chi connectivity index (χ4v) is 1.86. The number of hydrogen-bond acceptors (Lipinski definition) is 2. The molecule has 0 fully saturated rings. The average molecular weight is 192 g/mol. The van der Waals surface area contributed by atoms with Gasteiger partial charge in [-0.15, -0.1) is 0 Å². The number of para-hydroxylation sites is 1. The van der Waals surface area contributed by atoms with Crippen LogP contribution in [-0.4, -0.2) is 17.8 Å². The minimum Gasteiger partial charge on any atom is -0.493 e. The molecule has 2 atom stereocenters. The standard InChI is InChI=1S/C12H16O2/c1-8(9(2)13)11-5-3-4-10-6-7-14-12(10)11/h3-5,8-9,13H,6-7H2,1-2H3. The van der Waals surface area contributed by atoms with Gasteiger partial charge in [0.05, 0.1) is 12.7 Å². The van der Waals surface area contributed by atoms with Crippen molar-refractivity contribution in [3.8, 4) is 5.75 Å². The van der Waals surface area contributed by atoms with E-state index >= 15 is 0 Å². The molecule has 0 amide bonds. The molecule has 2 heteroatoms. The summed E-state index contributed by atoms with van der Waals surface area (Å²) in [6.07, 6.45) is 0.668. The largest absolute Gasteiger partial charge is 0.493 e. The number of benzene rings is 1. The van der Waals surface area contributed by atoms with Gasteiger partial charge < -0.3 is 9.84 Å². The highest BCUT2D eigenvalue weighted by atomic mass is 16.5. The van der Waals surface area contributed by atoms with Crippen LogP contribution >= 0.6 is 0 Å². The highest BCUT2D eigenvalue weighted by molar-refractivity contribution is 5.45. The summed E-state index contributed by atoms with van der Waals surface area (Å²) < 4.78 is 5.59. The van der Waals surface area contributed by atoms with E-state index in [4.69, 9.17) is 4.74 Å². The Kier molecular flexibility index (Phi) is 2.46. The van der Waals surface area contributed by atoms with Gasteiger partial charge in [0.15, 0.2) is 0 Å². The third-order valence-electron chi connectivity index (χ3n) is 2.96. The molecule has 0 aliphatic carbocycles. The lowest BCUT2D eigenvalue weighted by Crippen LogP contribution is -2.11. The van der Waals surface area contributed by atoms with E-state index in [1.165, 1.54) is 5.56 Å². The Balaban J connectivity index is 2.39. The van der Waals surface area contributed by atoms with Crippen molar-refractivity contribution in [3.05, 3.63) is 29.3 Å². The third-order valence-corrected chi connectivity index (χ3v) is 2.96. The van der Waals surface area contributed by atoms with Crippen molar-refractivity contribution in [2.75, 3.05) is 6.61 Å². The molecular weight excluding hydrogens is 176 g/mol. The van der Waals surface area contributed by atoms with Crippen LogP contribution in [0.15, 0.2) is 18.2 Å². The topological polar surface area (TPSA) is 29.5 Å². The normalized spacial score (nSPS) is 18.5. The highest BCUT2D eigenvalue weighted by Crippen LogP contribution is 2.35. The van der Waals surface area contributed by atoms with Crippen molar-refractivity contribution in [3.63, 3.8) is 0 Å². The maximum Gasteiger partial charge on any atom is 0.126 e. The number of fused-ring (bicyclic) bond motifs is 1. The van der Waals surface area contributed by atoms with Crippen molar-refractivity contribution in [2.24, 2.45) is 0 Å². The van der Waals surface area contributed by atoms with E-state index in [2.05, 4.69) is 6.07 Å². The number of aliphatic hydroxyl groups is 1. The van der Waals surface area contributed by atoms with Gasteiger partial charge in [0.25, 0.3) is 0 Å². The smallest absolute Gasteiger partial charge is 0.126 e. The molecule has 0 saturated carbocycles. The van der Waals surface area contributed by atoms with Crippen LogP contribution in [0.5, 0.6) is 5.75 Å². The average Bonchev–Trinajstić information content (AvgIpc) is 2.63. The predicted molar refractivity (Wildman–Crippen MR) is 55.7 cm³/mol. The molecule has 14 heavy (non-hydrogen) atoms. The van der Waals surface area contributed by atoms with E-state index in [1.54, 1.807) is 0 Å². The predicted octanol–water partition coefficient (Wildman–Crippen LogP) is 2.11. The molecule has 0 aromatic heterocycles. The zero-order chi connectivity index (χ0) is 10.1. The Hall–Kier alpha value is -1.02. The minimum atomic E-state index is -0.328. The lowest BCUT2D eigenvalue weighted by Gasteiger charge is -2.17. The number of ether oxygens (including phenoxy) is 1. The summed E-state index contributed by atoms with van der Waals surface area (Å²) in [7, 11) is 0. The lowest BCUT2D eigenvalue weighted by molar-refractivity contribution is 0.167. The Morgan fingerprint density at radius 2 is 2.14 bits per heavy atom. The van der Waals surface area contributed by atoms with Crippen LogP contribution < -0.4 is 4.74 Å². The maximum atomic E-state index is 9.55. The molecule has 1 aromatic rings. The van der Waals surface area contributed by atoms with Gasteiger partial charge >= 0.3 is 0 Å². The molecule has 0 spiro atoms. The van der Waals surface area contributed by atoms with Crippen LogP contribution in [0.2, 0.25) is 0 Å². The molecule has 0 bridgehead atoms. The molecule has 1 heterocycles. The van der Waals surface area contributed by atoms with Crippen molar-refractivity contribution >= 4 is 0 Å². The second-order valence-corrected chi connectivity index (χ2v) is 3.96. The Morgan fingerprint density at radius 3 is 2.86 bits per heavy atom. The molecule has 2 nitrogen and oxygen atoms in total. The van der Waals surface area contributed by atoms with Crippen molar-refractivity contribution in [1.29, 1.82) is 0 Å². The maximum absolute atomic E-state index is 9.55. The van der Waals surface area contributed by atoms with E-state index in [0.29, 0.717) is 0 Å². The molecule has 1 aliphatic rings. The molecule has 1 aromatic carbocycles. The summed E-state index contributed by atoms with van der Waals surface area (Å²) in [5.41, 5.74) is 2.41. The van der Waals surface area contributed by atoms with E-state index in [9.17, 15) is 5.11 Å². The van der Waals surface area contributed by atoms with Gasteiger partial charge in [0.2, 0.25) is 0 Å². The molecular formula is C12H16O2. The number of rotatable bonds is 2. The van der Waals surface area contributed by atoms with Crippen LogP contribution in [-0.2, 0) is 6.42 Å². The Labute approximate surface area is 84.5 Å². The van der Waals surface area contributed by atoms with Gasteiger partial charge in [-0.25, -0.2) is 0 Å². The Bertz CT molecular complexity index is 331. The fraction of sp³-hybridized carbons (Fsp3) is 0.500. The van der Waals surface area contributed by atoms with Gasteiger partial charge in [0.1, 0.15) is 5.75 Å². The summed E-state index contributed by atoms with van der Waals surface area (Å²) in [5, 5.41) is 9.55. The number of hydrogen-bond donors (Lipinski definition) is 1. The highest BCUT2D eigenvalue weighted by Gasteiger charge is 2.21. The molecule has 76 valence electrons. The van der Waals surface area contributed by atoms with E-state index in [1.807, 2.05) is 26.0 Å². The molecule has 1 N–H and O–H groups in total. The quantitative estimate of drug-likeness (QED) is 0.777. The molecule has 0 saturated heterocycles. The molecule has 2 rings (SSSR count). The lowest BCUT2D eigenvalue weighted by atomic mass is 9.94. The Morgan fingerprint density at radius 1 is 1.36 bits per heavy atom. The van der Waals surface area contributed by atoms with E-state index < -0.39 is 0 Å². The van der Waals surface area contributed by atoms with E-state index in [-0.39, 0.29) is 12.0 Å². The van der Waals surface area contributed by atoms with Gasteiger partial charge in [-0.1, -0.05) is 25.1 Å². The third kappa shape index (κ3) is 1.50. The van der Waals surface area contributed by atoms with E-state index in [0.717, 1.165) is 24.3 Å². The first-order chi connectivity index (χ1) is 6.70. The van der Waals surface area contributed by atoms with Crippen LogP contribution in [0.4, 0.5) is 0 Å². The minimum absolute atomic E-state index is 0.142. The zero-order valence-electron chi connectivity index (χ0n) is 8.66. The fourth-order valence-electron chi connectivity index (χ4n) is 1.86. The van der Waals surface area contributed by atoms with Crippen LogP contribution in [0.25, 0.3) is 0 Å². The van der Waals surface area contributed by atoms with Crippen LogP contribution in [0.3, 0.4) is 0 Å². The summed E-state index contributed by atoms with van der Waals surface area (Å²) in [6.45, 7) is 4.62. The van der Waals surface area contributed by atoms with Crippen molar-refractivity contribution in [2.45, 2.75) is 32.3 Å². The number of aliphatic hydroxyl groups excluding tert-OH is 1. The van der Waals surface area contributed by atoms with Crippen LogP contribution in [0.1, 0.15) is 30.9 Å². The van der Waals surface area contributed by atoms with Crippen molar-refractivity contribution in [1.82, 2.24) is 0 Å². The van der Waals surface area contributed by atoms with Gasteiger partial charge in [-0.3, -0.25) is 0 Å². The van der Waals surface area contributed by atoms with Gasteiger partial charge in [-0.2, -0.15) is 0 Å². The molecule has 0 radical (unpaired) electrons. The van der Waals surface area contributed by atoms with Crippen LogP contribution in [0, 0.1) is 0 Å². The first-order valence-corrected chi connectivity index (χ1v) is 5.13. The second-order valence-electron chi connectivity index (χ2n) is 3.96. The SMILES string of the molecule is CC(O)C(C)c1cccc2c1OCC2.